The standard InChI is InChI=1S/C12H16F2N2O4S/c1-19-9-5-16(6-10(9)20-2)21(17,18)11-4-7(15)3-8(13)12(11)14/h3-4,9-10H,5-6,15H2,1-2H3. The van der Waals surface area contributed by atoms with Crippen LogP contribution in [0.15, 0.2) is 17.0 Å². The van der Waals surface area contributed by atoms with E-state index < -0.39 is 38.8 Å². The number of ether oxygens (including phenoxy) is 2. The fourth-order valence-corrected chi connectivity index (χ4v) is 3.84. The number of hydrogen-bond donors (Lipinski definition) is 1. The molecule has 6 nitrogen and oxygen atoms in total. The van der Waals surface area contributed by atoms with Crippen LogP contribution in [0.3, 0.4) is 0 Å². The number of halogens is 2. The maximum Gasteiger partial charge on any atom is 0.246 e. The Hall–Kier alpha value is -1.29. The third-order valence-corrected chi connectivity index (χ3v) is 5.25. The van der Waals surface area contributed by atoms with Crippen molar-refractivity contribution in [2.24, 2.45) is 0 Å². The molecule has 0 aromatic heterocycles. The van der Waals surface area contributed by atoms with Gasteiger partial charge >= 0.3 is 0 Å². The summed E-state index contributed by atoms with van der Waals surface area (Å²) in [6, 6.07) is 1.63. The zero-order valence-electron chi connectivity index (χ0n) is 11.5. The minimum Gasteiger partial charge on any atom is -0.399 e. The number of hydrogen-bond acceptors (Lipinski definition) is 5. The molecule has 1 aliphatic heterocycles. The Balaban J connectivity index is 2.40. The Kier molecular flexibility index (Phi) is 4.47. The zero-order valence-corrected chi connectivity index (χ0v) is 12.4. The van der Waals surface area contributed by atoms with Crippen molar-refractivity contribution in [3.05, 3.63) is 23.8 Å². The van der Waals surface area contributed by atoms with Gasteiger partial charge < -0.3 is 15.2 Å². The average Bonchev–Trinajstić information content (AvgIpc) is 2.86. The number of nitrogens with zero attached hydrogens (tertiary/aromatic N) is 1. The predicted octanol–water partition coefficient (Wildman–Crippen LogP) is 0.581. The van der Waals surface area contributed by atoms with Crippen LogP contribution in [0, 0.1) is 11.6 Å². The highest BCUT2D eigenvalue weighted by Crippen LogP contribution is 2.28. The van der Waals surface area contributed by atoms with Crippen LogP contribution in [-0.4, -0.2) is 52.2 Å². The van der Waals surface area contributed by atoms with E-state index in [0.29, 0.717) is 0 Å². The minimum atomic E-state index is -4.22. The third-order valence-electron chi connectivity index (χ3n) is 3.42. The smallest absolute Gasteiger partial charge is 0.246 e. The van der Waals surface area contributed by atoms with E-state index in [9.17, 15) is 17.2 Å². The fraction of sp³-hybridized carbons (Fsp3) is 0.500. The summed E-state index contributed by atoms with van der Waals surface area (Å²) < 4.78 is 63.3. The van der Waals surface area contributed by atoms with Crippen molar-refractivity contribution in [2.75, 3.05) is 33.0 Å². The molecule has 21 heavy (non-hydrogen) atoms. The van der Waals surface area contributed by atoms with Crippen LogP contribution in [-0.2, 0) is 19.5 Å². The highest BCUT2D eigenvalue weighted by atomic mass is 32.2. The molecule has 2 unspecified atom stereocenters. The van der Waals surface area contributed by atoms with E-state index in [4.69, 9.17) is 15.2 Å². The van der Waals surface area contributed by atoms with Crippen LogP contribution >= 0.6 is 0 Å². The molecule has 0 radical (unpaired) electrons. The lowest BCUT2D eigenvalue weighted by Gasteiger charge is -2.17. The SMILES string of the molecule is COC1CN(S(=O)(=O)c2cc(N)cc(F)c2F)CC1OC. The van der Waals surface area contributed by atoms with Gasteiger partial charge in [-0.15, -0.1) is 0 Å². The van der Waals surface area contributed by atoms with Gasteiger partial charge in [-0.3, -0.25) is 0 Å². The number of sulfonamides is 1. The number of anilines is 1. The second-order valence-electron chi connectivity index (χ2n) is 4.69. The molecule has 0 spiro atoms. The molecular formula is C12H16F2N2O4S. The third kappa shape index (κ3) is 2.86. The van der Waals surface area contributed by atoms with Gasteiger partial charge in [0, 0.05) is 33.0 Å². The van der Waals surface area contributed by atoms with Crippen LogP contribution in [0.1, 0.15) is 0 Å². The summed E-state index contributed by atoms with van der Waals surface area (Å²) in [5, 5.41) is 0. The van der Waals surface area contributed by atoms with Gasteiger partial charge in [0.1, 0.15) is 4.90 Å². The van der Waals surface area contributed by atoms with E-state index in [-0.39, 0.29) is 18.8 Å². The first-order chi connectivity index (χ1) is 9.81. The lowest BCUT2D eigenvalue weighted by atomic mass is 10.3. The van der Waals surface area contributed by atoms with Gasteiger partial charge in [-0.2, -0.15) is 4.31 Å². The molecule has 1 aromatic carbocycles. The molecule has 1 fully saturated rings. The molecule has 9 heteroatoms. The first-order valence-electron chi connectivity index (χ1n) is 6.11. The summed E-state index contributed by atoms with van der Waals surface area (Å²) in [6.45, 7) is -0.0135. The van der Waals surface area contributed by atoms with E-state index in [1.54, 1.807) is 0 Å². The molecule has 1 aliphatic rings. The molecule has 0 bridgehead atoms. The van der Waals surface area contributed by atoms with E-state index in [2.05, 4.69) is 0 Å². The number of nitrogens with two attached hydrogens (primary N) is 1. The van der Waals surface area contributed by atoms with Crippen molar-refractivity contribution in [2.45, 2.75) is 17.1 Å². The number of methoxy groups -OCH3 is 2. The molecule has 0 amide bonds. The maximum atomic E-state index is 13.8. The first kappa shape index (κ1) is 16.1. The maximum absolute atomic E-state index is 13.8. The molecule has 1 aromatic rings. The minimum absolute atomic E-state index is 0.00675. The van der Waals surface area contributed by atoms with Crippen LogP contribution in [0.5, 0.6) is 0 Å². The highest BCUT2D eigenvalue weighted by molar-refractivity contribution is 7.89. The molecule has 2 N–H and O–H groups in total. The molecule has 0 aliphatic carbocycles. The van der Waals surface area contributed by atoms with Crippen molar-refractivity contribution in [3.63, 3.8) is 0 Å². The molecule has 118 valence electrons. The Labute approximate surface area is 121 Å². The quantitative estimate of drug-likeness (QED) is 0.820. The largest absolute Gasteiger partial charge is 0.399 e. The summed E-state index contributed by atoms with van der Waals surface area (Å²) >= 11 is 0. The Morgan fingerprint density at radius 1 is 1.19 bits per heavy atom. The predicted molar refractivity (Wildman–Crippen MR) is 71.1 cm³/mol. The van der Waals surface area contributed by atoms with Gasteiger partial charge in [0.25, 0.3) is 0 Å². The van der Waals surface area contributed by atoms with E-state index in [1.807, 2.05) is 0 Å². The Bertz CT molecular complexity index is 626. The summed E-state index contributed by atoms with van der Waals surface area (Å²) in [7, 11) is -1.37. The summed E-state index contributed by atoms with van der Waals surface area (Å²) in [6.07, 6.45) is -0.947. The summed E-state index contributed by atoms with van der Waals surface area (Å²) in [5.74, 6) is -2.75. The number of nitrogen functional groups attached to an aromatic ring is 1. The Morgan fingerprint density at radius 3 is 2.19 bits per heavy atom. The van der Waals surface area contributed by atoms with E-state index in [1.165, 1.54) is 14.2 Å². The molecule has 2 atom stereocenters. The normalized spacial score (nSPS) is 23.6. The summed E-state index contributed by atoms with van der Waals surface area (Å²) in [5.41, 5.74) is 5.22. The van der Waals surface area contributed by atoms with Gasteiger partial charge in [-0.1, -0.05) is 0 Å². The molecule has 0 saturated carbocycles. The highest BCUT2D eigenvalue weighted by Gasteiger charge is 2.41. The average molecular weight is 322 g/mol. The van der Waals surface area contributed by atoms with Crippen molar-refractivity contribution in [3.8, 4) is 0 Å². The van der Waals surface area contributed by atoms with E-state index in [0.717, 1.165) is 16.4 Å². The monoisotopic (exact) mass is 322 g/mol. The number of benzene rings is 1. The van der Waals surface area contributed by atoms with Crippen LogP contribution in [0.25, 0.3) is 0 Å². The second kappa shape index (κ2) is 5.84. The lowest BCUT2D eigenvalue weighted by Crippen LogP contribution is -2.31. The van der Waals surface area contributed by atoms with Crippen molar-refractivity contribution < 1.29 is 26.7 Å². The van der Waals surface area contributed by atoms with Gasteiger partial charge in [-0.25, -0.2) is 17.2 Å². The second-order valence-corrected chi connectivity index (χ2v) is 6.59. The van der Waals surface area contributed by atoms with Crippen LogP contribution in [0.4, 0.5) is 14.5 Å². The van der Waals surface area contributed by atoms with Gasteiger partial charge in [-0.05, 0) is 12.1 Å². The lowest BCUT2D eigenvalue weighted by molar-refractivity contribution is -0.00461. The van der Waals surface area contributed by atoms with Crippen LogP contribution in [0.2, 0.25) is 0 Å². The fourth-order valence-electron chi connectivity index (χ4n) is 2.27. The first-order valence-corrected chi connectivity index (χ1v) is 7.55. The van der Waals surface area contributed by atoms with Gasteiger partial charge in [0.05, 0.1) is 12.2 Å². The van der Waals surface area contributed by atoms with Crippen molar-refractivity contribution in [1.82, 2.24) is 4.31 Å². The topological polar surface area (TPSA) is 81.9 Å². The number of rotatable bonds is 4. The summed E-state index contributed by atoms with van der Waals surface area (Å²) in [4.78, 5) is -0.786. The van der Waals surface area contributed by atoms with Crippen LogP contribution < -0.4 is 5.73 Å². The van der Waals surface area contributed by atoms with Gasteiger partial charge in [0.2, 0.25) is 10.0 Å². The van der Waals surface area contributed by atoms with Crippen molar-refractivity contribution in [1.29, 1.82) is 0 Å². The van der Waals surface area contributed by atoms with Gasteiger partial charge in [0.15, 0.2) is 11.6 Å². The Morgan fingerprint density at radius 2 is 1.71 bits per heavy atom. The molecule has 2 rings (SSSR count). The van der Waals surface area contributed by atoms with Crippen molar-refractivity contribution >= 4 is 15.7 Å². The zero-order chi connectivity index (χ0) is 15.8. The molecule has 1 heterocycles. The van der Waals surface area contributed by atoms with E-state index >= 15 is 0 Å². The molecule has 1 saturated heterocycles. The molecular weight excluding hydrogens is 306 g/mol.